The van der Waals surface area contributed by atoms with Crippen molar-refractivity contribution in [2.24, 2.45) is 0 Å². The Balaban J connectivity index is 1.94. The highest BCUT2D eigenvalue weighted by atomic mass is 15.1. The van der Waals surface area contributed by atoms with Crippen LogP contribution < -0.4 is 0 Å². The Bertz CT molecular complexity index is 1570. The van der Waals surface area contributed by atoms with Crippen LogP contribution in [0.2, 0.25) is 0 Å². The quantitative estimate of drug-likeness (QED) is 0.343. The monoisotopic (exact) mass is 384 g/mol. The Labute approximate surface area is 169 Å². The van der Waals surface area contributed by atoms with Gasteiger partial charge in [0.05, 0.1) is 16.6 Å². The van der Waals surface area contributed by atoms with Crippen molar-refractivity contribution < 1.29 is 0 Å². The van der Waals surface area contributed by atoms with Crippen molar-refractivity contribution in [3.8, 4) is 0 Å². The molecule has 30 heavy (non-hydrogen) atoms. The fourth-order valence-corrected chi connectivity index (χ4v) is 4.41. The summed E-state index contributed by atoms with van der Waals surface area (Å²) >= 11 is 0. The van der Waals surface area contributed by atoms with E-state index in [1.807, 2.05) is 54.6 Å². The lowest BCUT2D eigenvalue weighted by molar-refractivity contribution is 1.10. The summed E-state index contributed by atoms with van der Waals surface area (Å²) in [4.78, 5) is 0. The average Bonchev–Trinajstić information content (AvgIpc) is 2.82. The van der Waals surface area contributed by atoms with Gasteiger partial charge in [0, 0.05) is 32.3 Å². The van der Waals surface area contributed by atoms with Gasteiger partial charge in [0.2, 0.25) is 0 Å². The van der Waals surface area contributed by atoms with E-state index >= 15 is 0 Å². The Morgan fingerprint density at radius 2 is 0.633 bits per heavy atom. The van der Waals surface area contributed by atoms with Crippen LogP contribution in [0.3, 0.4) is 0 Å². The summed E-state index contributed by atoms with van der Waals surface area (Å²) in [5.74, 6) is 0. The second-order valence-electron chi connectivity index (χ2n) is 7.32. The van der Waals surface area contributed by atoms with E-state index in [-0.39, 0.29) is 0 Å². The van der Waals surface area contributed by atoms with E-state index in [4.69, 9.17) is 0 Å². The molecular weight excluding hydrogens is 372 g/mol. The van der Waals surface area contributed by atoms with Gasteiger partial charge >= 0.3 is 0 Å². The van der Waals surface area contributed by atoms with Gasteiger partial charge in [0.15, 0.2) is 0 Å². The summed E-state index contributed by atoms with van der Waals surface area (Å²) in [5, 5.41) is 33.2. The first kappa shape index (κ1) is 15.6. The molecule has 0 saturated heterocycles. The second kappa shape index (κ2) is 5.61. The first-order chi connectivity index (χ1) is 14.9. The van der Waals surface area contributed by atoms with Crippen LogP contribution in [0.5, 0.6) is 0 Å². The van der Waals surface area contributed by atoms with E-state index in [9.17, 15) is 0 Å². The summed E-state index contributed by atoms with van der Waals surface area (Å²) < 4.78 is 0. The van der Waals surface area contributed by atoms with E-state index in [1.54, 1.807) is 0 Å². The Kier molecular flexibility index (Phi) is 2.91. The minimum Gasteiger partial charge on any atom is -0.150 e. The molecule has 0 atom stereocenters. The molecule has 0 aliphatic heterocycles. The van der Waals surface area contributed by atoms with Crippen LogP contribution in [0.15, 0.2) is 72.8 Å². The van der Waals surface area contributed by atoms with Gasteiger partial charge in [-0.25, -0.2) is 0 Å². The molecule has 0 spiro atoms. The summed E-state index contributed by atoms with van der Waals surface area (Å²) in [6, 6.07) is 24.0. The zero-order valence-corrected chi connectivity index (χ0v) is 15.6. The molecule has 3 aromatic heterocycles. The summed E-state index contributed by atoms with van der Waals surface area (Å²) in [6.45, 7) is 0. The molecule has 0 bridgehead atoms. The smallest absolute Gasteiger partial charge is 0.106 e. The molecule has 7 rings (SSSR count). The topological polar surface area (TPSA) is 77.3 Å². The molecule has 0 amide bonds. The molecule has 0 fully saturated rings. The van der Waals surface area contributed by atoms with E-state index in [0.717, 1.165) is 65.4 Å². The van der Waals surface area contributed by atoms with E-state index in [1.165, 1.54) is 0 Å². The predicted molar refractivity (Wildman–Crippen MR) is 118 cm³/mol. The summed E-state index contributed by atoms with van der Waals surface area (Å²) in [7, 11) is 0. The van der Waals surface area contributed by atoms with Gasteiger partial charge in [-0.2, -0.15) is 0 Å². The molecule has 6 nitrogen and oxygen atoms in total. The van der Waals surface area contributed by atoms with Gasteiger partial charge in [-0.15, -0.1) is 30.6 Å². The highest BCUT2D eigenvalue weighted by Crippen LogP contribution is 2.39. The van der Waals surface area contributed by atoms with E-state index < -0.39 is 0 Å². The lowest BCUT2D eigenvalue weighted by Gasteiger charge is -2.12. The van der Waals surface area contributed by atoms with Crippen molar-refractivity contribution >= 4 is 65.4 Å². The summed E-state index contributed by atoms with van der Waals surface area (Å²) in [5.41, 5.74) is 4.79. The van der Waals surface area contributed by atoms with Crippen molar-refractivity contribution in [1.82, 2.24) is 30.6 Å². The number of nitrogens with zero attached hydrogens (tertiary/aromatic N) is 6. The third-order valence-electron chi connectivity index (χ3n) is 5.71. The van der Waals surface area contributed by atoms with Crippen LogP contribution >= 0.6 is 0 Å². The third kappa shape index (κ3) is 1.92. The number of hydrogen-bond donors (Lipinski definition) is 0. The average molecular weight is 384 g/mol. The first-order valence-electron chi connectivity index (χ1n) is 9.67. The first-order valence-corrected chi connectivity index (χ1v) is 9.67. The lowest BCUT2D eigenvalue weighted by atomic mass is 9.97. The van der Waals surface area contributed by atoms with Crippen molar-refractivity contribution in [3.63, 3.8) is 0 Å². The number of aromatic nitrogens is 6. The molecule has 0 radical (unpaired) electrons. The molecule has 0 aliphatic rings. The van der Waals surface area contributed by atoms with Gasteiger partial charge in [0.25, 0.3) is 0 Å². The van der Waals surface area contributed by atoms with Crippen molar-refractivity contribution in [2.45, 2.75) is 0 Å². The van der Waals surface area contributed by atoms with Gasteiger partial charge < -0.3 is 0 Å². The van der Waals surface area contributed by atoms with Gasteiger partial charge in [0.1, 0.15) is 16.6 Å². The maximum absolute atomic E-state index is 4.63. The van der Waals surface area contributed by atoms with Gasteiger partial charge in [-0.05, 0) is 18.2 Å². The highest BCUT2D eigenvalue weighted by molar-refractivity contribution is 6.35. The number of benzene rings is 4. The molecule has 7 aromatic rings. The van der Waals surface area contributed by atoms with Crippen molar-refractivity contribution in [1.29, 1.82) is 0 Å². The van der Waals surface area contributed by atoms with Crippen LogP contribution in [0.1, 0.15) is 0 Å². The summed E-state index contributed by atoms with van der Waals surface area (Å²) in [6.07, 6.45) is 0. The van der Waals surface area contributed by atoms with Crippen molar-refractivity contribution in [2.75, 3.05) is 0 Å². The zero-order chi connectivity index (χ0) is 19.7. The Hall–Kier alpha value is -4.32. The van der Waals surface area contributed by atoms with Crippen molar-refractivity contribution in [3.05, 3.63) is 72.8 Å². The van der Waals surface area contributed by atoms with E-state index in [0.29, 0.717) is 0 Å². The molecule has 0 N–H and O–H groups in total. The maximum atomic E-state index is 4.63. The van der Waals surface area contributed by atoms with Crippen LogP contribution in [-0.4, -0.2) is 30.6 Å². The van der Waals surface area contributed by atoms with Crippen LogP contribution in [-0.2, 0) is 0 Å². The highest BCUT2D eigenvalue weighted by Gasteiger charge is 2.19. The van der Waals surface area contributed by atoms with Crippen LogP contribution in [0.25, 0.3) is 65.4 Å². The zero-order valence-electron chi connectivity index (χ0n) is 15.6. The number of hydrogen-bond acceptors (Lipinski definition) is 6. The van der Waals surface area contributed by atoms with Gasteiger partial charge in [-0.3, -0.25) is 0 Å². The fraction of sp³-hybridized carbons (Fsp3) is 0. The lowest BCUT2D eigenvalue weighted by Crippen LogP contribution is -1.98. The minimum atomic E-state index is 0.770. The molecular formula is C24H12N6. The largest absolute Gasteiger partial charge is 0.150 e. The standard InChI is InChI=1S/C24H12N6/c1-4-10-16-13(7-1)19-22(28-25-16)20-15-9-3-6-12-18(15)27-30-24(20)21-14-8-2-5-11-17(14)26-29-23(19)21/h1-12H. The molecule has 0 saturated carbocycles. The third-order valence-corrected chi connectivity index (χ3v) is 5.71. The molecule has 0 aliphatic carbocycles. The molecule has 0 unspecified atom stereocenters. The second-order valence-corrected chi connectivity index (χ2v) is 7.32. The SMILES string of the molecule is c1ccc2c(c1)nnc1c2c2nnc3ccccc3c2c2nnc3ccccc3c12. The van der Waals surface area contributed by atoms with Crippen LogP contribution in [0.4, 0.5) is 0 Å². The molecule has 3 heterocycles. The number of fused-ring (bicyclic) bond motifs is 12. The minimum absolute atomic E-state index is 0.770. The maximum Gasteiger partial charge on any atom is 0.106 e. The Morgan fingerprint density at radius 3 is 0.967 bits per heavy atom. The normalized spacial score (nSPS) is 12.0. The molecule has 4 aromatic carbocycles. The van der Waals surface area contributed by atoms with E-state index in [2.05, 4.69) is 48.8 Å². The number of rotatable bonds is 0. The van der Waals surface area contributed by atoms with Gasteiger partial charge in [-0.1, -0.05) is 54.6 Å². The molecule has 138 valence electrons. The molecule has 6 heteroatoms. The fourth-order valence-electron chi connectivity index (χ4n) is 4.41. The van der Waals surface area contributed by atoms with Crippen LogP contribution in [0, 0.1) is 0 Å². The predicted octanol–water partition coefficient (Wildman–Crippen LogP) is 4.98. The Morgan fingerprint density at radius 1 is 0.333 bits per heavy atom.